The smallest absolute Gasteiger partial charge is 0.233 e. The molecule has 0 unspecified atom stereocenters. The third kappa shape index (κ3) is 4.79. The van der Waals surface area contributed by atoms with E-state index in [0.717, 1.165) is 17.2 Å². The van der Waals surface area contributed by atoms with Crippen molar-refractivity contribution in [2.45, 2.75) is 20.3 Å². The van der Waals surface area contributed by atoms with Crippen molar-refractivity contribution in [2.75, 3.05) is 10.6 Å². The van der Waals surface area contributed by atoms with Crippen LogP contribution in [-0.2, 0) is 9.59 Å². The molecule has 0 spiro atoms. The van der Waals surface area contributed by atoms with E-state index in [0.29, 0.717) is 11.4 Å². The summed E-state index contributed by atoms with van der Waals surface area (Å²) in [6, 6.07) is 9.32. The summed E-state index contributed by atoms with van der Waals surface area (Å²) in [5.74, 6) is -1.51. The third-order valence-corrected chi connectivity index (χ3v) is 3.60. The summed E-state index contributed by atoms with van der Waals surface area (Å²) in [7, 11) is 0. The number of aryl methyl sites for hydroxylation is 2. The predicted octanol–water partition coefficient (Wildman–Crippen LogP) is 4.06. The molecule has 0 aliphatic heterocycles. The fourth-order valence-electron chi connectivity index (χ4n) is 1.95. The van der Waals surface area contributed by atoms with Gasteiger partial charge in [-0.15, -0.1) is 0 Å². The van der Waals surface area contributed by atoms with Crippen molar-refractivity contribution in [3.05, 3.63) is 58.4 Å². The van der Waals surface area contributed by atoms with E-state index in [9.17, 15) is 14.0 Å². The van der Waals surface area contributed by atoms with Crippen molar-refractivity contribution in [3.8, 4) is 0 Å². The van der Waals surface area contributed by atoms with Crippen molar-refractivity contribution in [2.24, 2.45) is 0 Å². The number of benzene rings is 2. The monoisotopic (exact) mass is 334 g/mol. The number of carbonyl (C=O) groups excluding carboxylic acids is 2. The molecule has 0 radical (unpaired) electrons. The van der Waals surface area contributed by atoms with Gasteiger partial charge in [-0.05, 0) is 55.3 Å². The molecule has 2 rings (SSSR count). The predicted molar refractivity (Wildman–Crippen MR) is 89.2 cm³/mol. The lowest BCUT2D eigenvalue weighted by Gasteiger charge is -2.08. The molecule has 0 saturated carbocycles. The number of hydrogen-bond acceptors (Lipinski definition) is 2. The number of hydrogen-bond donors (Lipinski definition) is 2. The third-order valence-electron chi connectivity index (χ3n) is 3.32. The Hall–Kier alpha value is -2.40. The molecule has 0 atom stereocenters. The summed E-state index contributed by atoms with van der Waals surface area (Å²) in [6.07, 6.45) is -0.345. The van der Waals surface area contributed by atoms with Crippen LogP contribution in [-0.4, -0.2) is 11.8 Å². The molecule has 0 aromatic heterocycles. The summed E-state index contributed by atoms with van der Waals surface area (Å²) < 4.78 is 13.0. The van der Waals surface area contributed by atoms with E-state index in [-0.39, 0.29) is 11.4 Å². The first-order valence-corrected chi connectivity index (χ1v) is 7.35. The first-order valence-electron chi connectivity index (χ1n) is 6.97. The lowest BCUT2D eigenvalue weighted by Crippen LogP contribution is -2.21. The van der Waals surface area contributed by atoms with Gasteiger partial charge in [-0.1, -0.05) is 17.7 Å². The van der Waals surface area contributed by atoms with Crippen LogP contribution in [0.25, 0.3) is 0 Å². The first kappa shape index (κ1) is 17.0. The van der Waals surface area contributed by atoms with Gasteiger partial charge in [0.25, 0.3) is 0 Å². The molecule has 120 valence electrons. The van der Waals surface area contributed by atoms with Gasteiger partial charge >= 0.3 is 0 Å². The summed E-state index contributed by atoms with van der Waals surface area (Å²) in [5.41, 5.74) is 3.14. The second kappa shape index (κ2) is 7.24. The Balaban J connectivity index is 1.92. The van der Waals surface area contributed by atoms with Crippen molar-refractivity contribution in [1.29, 1.82) is 0 Å². The number of anilines is 2. The zero-order chi connectivity index (χ0) is 17.0. The highest BCUT2D eigenvalue weighted by Gasteiger charge is 2.11. The number of halogens is 2. The van der Waals surface area contributed by atoms with Gasteiger partial charge in [0.2, 0.25) is 11.8 Å². The minimum Gasteiger partial charge on any atom is -0.326 e. The molecule has 23 heavy (non-hydrogen) atoms. The minimum absolute atomic E-state index is 0.0950. The first-order chi connectivity index (χ1) is 10.8. The van der Waals surface area contributed by atoms with Crippen molar-refractivity contribution in [1.82, 2.24) is 0 Å². The van der Waals surface area contributed by atoms with E-state index in [4.69, 9.17) is 11.6 Å². The largest absolute Gasteiger partial charge is 0.326 e. The Morgan fingerprint density at radius 2 is 1.52 bits per heavy atom. The lowest BCUT2D eigenvalue weighted by atomic mass is 10.1. The van der Waals surface area contributed by atoms with E-state index in [1.807, 2.05) is 26.0 Å². The van der Waals surface area contributed by atoms with Gasteiger partial charge in [-0.3, -0.25) is 9.59 Å². The van der Waals surface area contributed by atoms with Gasteiger partial charge in [-0.25, -0.2) is 4.39 Å². The molecular formula is C17H16ClFN2O2. The van der Waals surface area contributed by atoms with E-state index in [1.165, 1.54) is 12.1 Å². The fraction of sp³-hybridized carbons (Fsp3) is 0.176. The average molecular weight is 335 g/mol. The second-order valence-corrected chi connectivity index (χ2v) is 5.61. The summed E-state index contributed by atoms with van der Waals surface area (Å²) in [4.78, 5) is 23.7. The highest BCUT2D eigenvalue weighted by molar-refractivity contribution is 6.31. The zero-order valence-electron chi connectivity index (χ0n) is 12.7. The number of carbonyl (C=O) groups is 2. The Bertz CT molecular complexity index is 699. The normalized spacial score (nSPS) is 10.3. The molecule has 2 amide bonds. The van der Waals surface area contributed by atoms with Crippen LogP contribution in [0.2, 0.25) is 5.02 Å². The Kier molecular flexibility index (Phi) is 5.34. The molecule has 2 aromatic rings. The van der Waals surface area contributed by atoms with Crippen LogP contribution in [0.3, 0.4) is 0 Å². The Morgan fingerprint density at radius 3 is 2.09 bits per heavy atom. The van der Waals surface area contributed by atoms with E-state index < -0.39 is 17.6 Å². The van der Waals surface area contributed by atoms with Crippen LogP contribution in [0.4, 0.5) is 15.8 Å². The SMILES string of the molecule is Cc1ccc(NC(=O)CC(=O)Nc2ccc(F)c(Cl)c2)cc1C. The molecule has 0 heterocycles. The molecule has 2 aromatic carbocycles. The van der Waals surface area contributed by atoms with Crippen LogP contribution < -0.4 is 10.6 Å². The van der Waals surface area contributed by atoms with E-state index >= 15 is 0 Å². The zero-order valence-corrected chi connectivity index (χ0v) is 13.5. The molecule has 0 saturated heterocycles. The van der Waals surface area contributed by atoms with Gasteiger partial charge in [0, 0.05) is 11.4 Å². The summed E-state index contributed by atoms with van der Waals surface area (Å²) in [5, 5.41) is 5.06. The molecule has 0 aliphatic rings. The van der Waals surface area contributed by atoms with Gasteiger partial charge in [0.15, 0.2) is 0 Å². The van der Waals surface area contributed by atoms with Gasteiger partial charge in [0.05, 0.1) is 5.02 Å². The molecule has 4 nitrogen and oxygen atoms in total. The Morgan fingerprint density at radius 1 is 0.957 bits per heavy atom. The van der Waals surface area contributed by atoms with Crippen LogP contribution in [0.15, 0.2) is 36.4 Å². The second-order valence-electron chi connectivity index (χ2n) is 5.20. The summed E-state index contributed by atoms with van der Waals surface area (Å²) >= 11 is 5.63. The summed E-state index contributed by atoms with van der Waals surface area (Å²) in [6.45, 7) is 3.91. The maximum absolute atomic E-state index is 13.0. The Labute approximate surface area is 138 Å². The topological polar surface area (TPSA) is 58.2 Å². The number of nitrogens with one attached hydrogen (secondary N) is 2. The van der Waals surface area contributed by atoms with Crippen LogP contribution in [0, 0.1) is 19.7 Å². The standard InChI is InChI=1S/C17H16ClFN2O2/c1-10-3-4-12(7-11(10)2)20-16(22)9-17(23)21-13-5-6-15(19)14(18)8-13/h3-8H,9H2,1-2H3,(H,20,22)(H,21,23). The lowest BCUT2D eigenvalue weighted by molar-refractivity contribution is -0.123. The maximum Gasteiger partial charge on any atom is 0.233 e. The molecule has 6 heteroatoms. The molecule has 0 fully saturated rings. The van der Waals surface area contributed by atoms with Gasteiger partial charge in [-0.2, -0.15) is 0 Å². The van der Waals surface area contributed by atoms with E-state index in [1.54, 1.807) is 6.07 Å². The molecule has 0 bridgehead atoms. The molecule has 0 aliphatic carbocycles. The average Bonchev–Trinajstić information content (AvgIpc) is 2.46. The molecule has 2 N–H and O–H groups in total. The maximum atomic E-state index is 13.0. The van der Waals surface area contributed by atoms with Crippen molar-refractivity contribution in [3.63, 3.8) is 0 Å². The van der Waals surface area contributed by atoms with Crippen molar-refractivity contribution >= 4 is 34.8 Å². The van der Waals surface area contributed by atoms with Crippen molar-refractivity contribution < 1.29 is 14.0 Å². The quantitative estimate of drug-likeness (QED) is 0.828. The molecular weight excluding hydrogens is 319 g/mol. The fourth-order valence-corrected chi connectivity index (χ4v) is 2.13. The number of rotatable bonds is 4. The minimum atomic E-state index is -0.572. The van der Waals surface area contributed by atoms with Crippen LogP contribution in [0.1, 0.15) is 17.5 Å². The van der Waals surface area contributed by atoms with Gasteiger partial charge < -0.3 is 10.6 Å². The van der Waals surface area contributed by atoms with Crippen LogP contribution >= 0.6 is 11.6 Å². The number of amides is 2. The van der Waals surface area contributed by atoms with E-state index in [2.05, 4.69) is 10.6 Å². The van der Waals surface area contributed by atoms with Crippen LogP contribution in [0.5, 0.6) is 0 Å². The highest BCUT2D eigenvalue weighted by atomic mass is 35.5. The van der Waals surface area contributed by atoms with Gasteiger partial charge in [0.1, 0.15) is 12.2 Å². The highest BCUT2D eigenvalue weighted by Crippen LogP contribution is 2.19.